The van der Waals surface area contributed by atoms with Gasteiger partial charge in [0.15, 0.2) is 0 Å². The number of hydrogen-bond acceptors (Lipinski definition) is 3. The highest BCUT2D eigenvalue weighted by Crippen LogP contribution is 2.23. The summed E-state index contributed by atoms with van der Waals surface area (Å²) in [6.45, 7) is 3.98. The van der Waals surface area contributed by atoms with Crippen LogP contribution in [-0.4, -0.2) is 15.9 Å². The van der Waals surface area contributed by atoms with Crippen LogP contribution in [0.2, 0.25) is 0 Å². The number of rotatable bonds is 3. The molecule has 0 saturated carbocycles. The van der Waals surface area contributed by atoms with E-state index >= 15 is 0 Å². The van der Waals surface area contributed by atoms with Gasteiger partial charge in [-0.15, -0.1) is 0 Å². The first-order chi connectivity index (χ1) is 7.66. The summed E-state index contributed by atoms with van der Waals surface area (Å²) < 4.78 is 7.34. The maximum Gasteiger partial charge on any atom is 0.121 e. The number of nitrogens with two attached hydrogens (primary N) is 1. The van der Waals surface area contributed by atoms with Gasteiger partial charge in [0.05, 0.1) is 17.5 Å². The fourth-order valence-electron chi connectivity index (χ4n) is 1.48. The van der Waals surface area contributed by atoms with Crippen molar-refractivity contribution in [2.75, 3.05) is 5.73 Å². The zero-order chi connectivity index (χ0) is 11.5. The molecule has 0 radical (unpaired) electrons. The molecule has 0 bridgehead atoms. The van der Waals surface area contributed by atoms with E-state index in [1.807, 2.05) is 44.3 Å². The molecule has 0 saturated heterocycles. The Morgan fingerprint density at radius 1 is 1.38 bits per heavy atom. The third kappa shape index (κ3) is 2.16. The van der Waals surface area contributed by atoms with Gasteiger partial charge >= 0.3 is 0 Å². The summed E-state index contributed by atoms with van der Waals surface area (Å²) >= 11 is 0. The van der Waals surface area contributed by atoms with Gasteiger partial charge in [-0.3, -0.25) is 0 Å². The fourth-order valence-corrected chi connectivity index (χ4v) is 1.48. The third-order valence-corrected chi connectivity index (χ3v) is 2.12. The fraction of sp³-hybridized carbons (Fsp3) is 0.250. The summed E-state index contributed by atoms with van der Waals surface area (Å²) in [5.74, 6) is 0.801. The number of ether oxygens (including phenoxy) is 1. The first-order valence-corrected chi connectivity index (χ1v) is 5.23. The van der Waals surface area contributed by atoms with Crippen molar-refractivity contribution < 1.29 is 4.74 Å². The van der Waals surface area contributed by atoms with Gasteiger partial charge in [0.2, 0.25) is 0 Å². The van der Waals surface area contributed by atoms with Gasteiger partial charge in [0.1, 0.15) is 5.75 Å². The number of nitrogen functional groups attached to an aromatic ring is 1. The van der Waals surface area contributed by atoms with E-state index in [9.17, 15) is 0 Å². The van der Waals surface area contributed by atoms with Crippen molar-refractivity contribution in [1.82, 2.24) is 9.78 Å². The van der Waals surface area contributed by atoms with Gasteiger partial charge in [-0.1, -0.05) is 0 Å². The van der Waals surface area contributed by atoms with Crippen LogP contribution in [0, 0.1) is 0 Å². The van der Waals surface area contributed by atoms with E-state index in [1.165, 1.54) is 0 Å². The standard InChI is InChI=1S/C12H15N3O/c1-9(2)16-10-4-5-11(13)12(8-10)15-7-3-6-14-15/h3-9H,13H2,1-2H3. The van der Waals surface area contributed by atoms with Gasteiger partial charge in [0, 0.05) is 18.5 Å². The predicted octanol–water partition coefficient (Wildman–Crippen LogP) is 2.24. The van der Waals surface area contributed by atoms with Crippen molar-refractivity contribution >= 4 is 5.69 Å². The van der Waals surface area contributed by atoms with E-state index < -0.39 is 0 Å². The first-order valence-electron chi connectivity index (χ1n) is 5.23. The Kier molecular flexibility index (Phi) is 2.81. The van der Waals surface area contributed by atoms with Crippen molar-refractivity contribution in [3.63, 3.8) is 0 Å². The van der Waals surface area contributed by atoms with E-state index in [1.54, 1.807) is 10.9 Å². The second-order valence-electron chi connectivity index (χ2n) is 3.84. The van der Waals surface area contributed by atoms with Gasteiger partial charge in [0.25, 0.3) is 0 Å². The molecule has 1 aromatic heterocycles. The summed E-state index contributed by atoms with van der Waals surface area (Å²) in [5, 5.41) is 4.15. The molecular weight excluding hydrogens is 202 g/mol. The maximum atomic E-state index is 5.90. The molecular formula is C12H15N3O. The molecule has 0 aliphatic rings. The minimum absolute atomic E-state index is 0.147. The van der Waals surface area contributed by atoms with Crippen molar-refractivity contribution in [2.45, 2.75) is 20.0 Å². The molecule has 2 N–H and O–H groups in total. The van der Waals surface area contributed by atoms with Crippen LogP contribution in [0.4, 0.5) is 5.69 Å². The average molecular weight is 217 g/mol. The van der Waals surface area contributed by atoms with Gasteiger partial charge < -0.3 is 10.5 Å². The van der Waals surface area contributed by atoms with Crippen molar-refractivity contribution in [3.8, 4) is 11.4 Å². The molecule has 0 aliphatic carbocycles. The summed E-state index contributed by atoms with van der Waals surface area (Å²) in [7, 11) is 0. The Morgan fingerprint density at radius 2 is 2.19 bits per heavy atom. The lowest BCUT2D eigenvalue weighted by Gasteiger charge is -2.12. The van der Waals surface area contributed by atoms with E-state index in [-0.39, 0.29) is 6.10 Å². The minimum atomic E-state index is 0.147. The zero-order valence-corrected chi connectivity index (χ0v) is 9.42. The van der Waals surface area contributed by atoms with Crippen LogP contribution in [0.25, 0.3) is 5.69 Å². The Labute approximate surface area is 94.6 Å². The highest BCUT2D eigenvalue weighted by atomic mass is 16.5. The molecule has 0 unspecified atom stereocenters. The largest absolute Gasteiger partial charge is 0.491 e. The lowest BCUT2D eigenvalue weighted by Crippen LogP contribution is -2.07. The van der Waals surface area contributed by atoms with Crippen LogP contribution in [-0.2, 0) is 0 Å². The predicted molar refractivity (Wildman–Crippen MR) is 63.7 cm³/mol. The van der Waals surface area contributed by atoms with E-state index in [4.69, 9.17) is 10.5 Å². The van der Waals surface area contributed by atoms with Crippen LogP contribution in [0.5, 0.6) is 5.75 Å². The summed E-state index contributed by atoms with van der Waals surface area (Å²) in [6, 6.07) is 7.44. The van der Waals surface area contributed by atoms with Crippen molar-refractivity contribution in [1.29, 1.82) is 0 Å². The summed E-state index contributed by atoms with van der Waals surface area (Å²) in [5.41, 5.74) is 7.41. The highest BCUT2D eigenvalue weighted by Gasteiger charge is 2.05. The molecule has 0 amide bonds. The Balaban J connectivity index is 2.37. The smallest absolute Gasteiger partial charge is 0.121 e. The van der Waals surface area contributed by atoms with Crippen molar-refractivity contribution in [2.24, 2.45) is 0 Å². The monoisotopic (exact) mass is 217 g/mol. The molecule has 0 aliphatic heterocycles. The lowest BCUT2D eigenvalue weighted by molar-refractivity contribution is 0.242. The molecule has 4 heteroatoms. The van der Waals surface area contributed by atoms with Crippen molar-refractivity contribution in [3.05, 3.63) is 36.7 Å². The van der Waals surface area contributed by atoms with Crippen LogP contribution in [0.3, 0.4) is 0 Å². The molecule has 4 nitrogen and oxygen atoms in total. The van der Waals surface area contributed by atoms with Crippen LogP contribution in [0.1, 0.15) is 13.8 Å². The molecule has 0 atom stereocenters. The molecule has 0 spiro atoms. The third-order valence-electron chi connectivity index (χ3n) is 2.12. The number of hydrogen-bond donors (Lipinski definition) is 1. The van der Waals surface area contributed by atoms with Gasteiger partial charge in [-0.2, -0.15) is 5.10 Å². The summed E-state index contributed by atoms with van der Waals surface area (Å²) in [4.78, 5) is 0. The van der Waals surface area contributed by atoms with Gasteiger partial charge in [-0.05, 0) is 32.0 Å². The molecule has 1 aromatic carbocycles. The number of aromatic nitrogens is 2. The molecule has 84 valence electrons. The summed E-state index contributed by atoms with van der Waals surface area (Å²) in [6.07, 6.45) is 3.72. The Morgan fingerprint density at radius 3 is 2.81 bits per heavy atom. The topological polar surface area (TPSA) is 53.1 Å². The normalized spacial score (nSPS) is 10.7. The molecule has 1 heterocycles. The van der Waals surface area contributed by atoms with Crippen LogP contribution >= 0.6 is 0 Å². The highest BCUT2D eigenvalue weighted by molar-refractivity contribution is 5.60. The van der Waals surface area contributed by atoms with Crippen LogP contribution < -0.4 is 10.5 Å². The Hall–Kier alpha value is -1.97. The number of benzene rings is 1. The minimum Gasteiger partial charge on any atom is -0.491 e. The maximum absolute atomic E-state index is 5.90. The first kappa shape index (κ1) is 10.5. The molecule has 2 rings (SSSR count). The number of nitrogens with zero attached hydrogens (tertiary/aromatic N) is 2. The number of anilines is 1. The second-order valence-corrected chi connectivity index (χ2v) is 3.84. The Bertz CT molecular complexity index is 463. The SMILES string of the molecule is CC(C)Oc1ccc(N)c(-n2cccn2)c1. The molecule has 2 aromatic rings. The van der Waals surface area contributed by atoms with Gasteiger partial charge in [-0.25, -0.2) is 4.68 Å². The van der Waals surface area contributed by atoms with Crippen LogP contribution in [0.15, 0.2) is 36.7 Å². The molecule has 0 fully saturated rings. The molecule has 16 heavy (non-hydrogen) atoms. The van der Waals surface area contributed by atoms with E-state index in [0.717, 1.165) is 11.4 Å². The average Bonchev–Trinajstić information content (AvgIpc) is 2.73. The zero-order valence-electron chi connectivity index (χ0n) is 9.42. The van der Waals surface area contributed by atoms with E-state index in [0.29, 0.717) is 5.69 Å². The second kappa shape index (κ2) is 4.26. The van der Waals surface area contributed by atoms with E-state index in [2.05, 4.69) is 5.10 Å². The quantitative estimate of drug-likeness (QED) is 0.802. The lowest BCUT2D eigenvalue weighted by atomic mass is 10.2.